The molecule has 0 bridgehead atoms. The molecule has 2 aliphatic heterocycles. The maximum atomic E-state index is 14.0. The van der Waals surface area contributed by atoms with Crippen LogP contribution in [0, 0.1) is 5.82 Å². The van der Waals surface area contributed by atoms with Crippen molar-refractivity contribution in [2.75, 3.05) is 18.0 Å². The molecule has 0 aliphatic carbocycles. The monoisotopic (exact) mass is 356 g/mol. The Morgan fingerprint density at radius 3 is 2.92 bits per heavy atom. The smallest absolute Gasteiger partial charge is 0.255 e. The molecular weight excluding hydrogens is 331 g/mol. The van der Waals surface area contributed by atoms with Crippen LogP contribution >= 0.6 is 0 Å². The van der Waals surface area contributed by atoms with Crippen LogP contribution in [0.15, 0.2) is 29.1 Å². The molecule has 1 N–H and O–H groups in total. The van der Waals surface area contributed by atoms with E-state index in [4.69, 9.17) is 4.98 Å². The summed E-state index contributed by atoms with van der Waals surface area (Å²) >= 11 is 0. The van der Waals surface area contributed by atoms with Crippen molar-refractivity contribution in [1.82, 2.24) is 14.9 Å². The van der Waals surface area contributed by atoms with E-state index in [1.807, 2.05) is 12.1 Å². The van der Waals surface area contributed by atoms with E-state index < -0.39 is 0 Å². The molecule has 0 unspecified atom stereocenters. The zero-order valence-electron chi connectivity index (χ0n) is 15.2. The zero-order valence-corrected chi connectivity index (χ0v) is 15.2. The number of nitrogens with one attached hydrogen (secondary N) is 1. The highest BCUT2D eigenvalue weighted by atomic mass is 19.1. The quantitative estimate of drug-likeness (QED) is 0.919. The van der Waals surface area contributed by atoms with Gasteiger partial charge in [0.15, 0.2) is 0 Å². The second kappa shape index (κ2) is 7.19. The normalized spacial score (nSPS) is 20.8. The number of aromatic amines is 1. The number of aromatic nitrogens is 2. The van der Waals surface area contributed by atoms with Crippen LogP contribution < -0.4 is 10.5 Å². The highest BCUT2D eigenvalue weighted by Gasteiger charge is 2.25. The average Bonchev–Trinajstić information content (AvgIpc) is 2.64. The number of hydrogen-bond donors (Lipinski definition) is 1. The van der Waals surface area contributed by atoms with Crippen molar-refractivity contribution >= 4 is 5.95 Å². The summed E-state index contributed by atoms with van der Waals surface area (Å²) in [6.45, 7) is 4.98. The van der Waals surface area contributed by atoms with E-state index in [1.54, 1.807) is 6.07 Å². The predicted molar refractivity (Wildman–Crippen MR) is 99.7 cm³/mol. The number of anilines is 1. The topological polar surface area (TPSA) is 52.2 Å². The fraction of sp³-hybridized carbons (Fsp3) is 0.500. The van der Waals surface area contributed by atoms with E-state index in [0.717, 1.165) is 37.2 Å². The van der Waals surface area contributed by atoms with E-state index in [1.165, 1.54) is 12.5 Å². The van der Waals surface area contributed by atoms with Crippen LogP contribution in [0.4, 0.5) is 10.3 Å². The Balaban J connectivity index is 1.57. The van der Waals surface area contributed by atoms with Gasteiger partial charge in [0.1, 0.15) is 5.82 Å². The predicted octanol–water partition coefficient (Wildman–Crippen LogP) is 2.85. The van der Waals surface area contributed by atoms with E-state index in [2.05, 4.69) is 21.7 Å². The molecule has 2 aromatic rings. The van der Waals surface area contributed by atoms with E-state index in [9.17, 15) is 9.18 Å². The van der Waals surface area contributed by atoms with Crippen molar-refractivity contribution in [3.05, 3.63) is 57.3 Å². The first-order valence-corrected chi connectivity index (χ1v) is 9.46. The molecule has 0 radical (unpaired) electrons. The fourth-order valence-electron chi connectivity index (χ4n) is 4.03. The van der Waals surface area contributed by atoms with Crippen molar-refractivity contribution in [1.29, 1.82) is 0 Å². The van der Waals surface area contributed by atoms with Gasteiger partial charge in [0.05, 0.1) is 5.69 Å². The number of H-pyrrole nitrogens is 1. The number of rotatable bonds is 3. The van der Waals surface area contributed by atoms with Gasteiger partial charge >= 0.3 is 0 Å². The summed E-state index contributed by atoms with van der Waals surface area (Å²) in [7, 11) is 0. The molecule has 26 heavy (non-hydrogen) atoms. The van der Waals surface area contributed by atoms with Crippen molar-refractivity contribution in [3.8, 4) is 0 Å². The molecule has 2 aliphatic rings. The molecule has 3 heterocycles. The molecule has 1 aromatic heterocycles. The maximum absolute atomic E-state index is 14.0. The van der Waals surface area contributed by atoms with Gasteiger partial charge in [0.25, 0.3) is 5.56 Å². The lowest BCUT2D eigenvalue weighted by Crippen LogP contribution is -2.41. The number of nitrogens with zero attached hydrogens (tertiary/aromatic N) is 3. The maximum Gasteiger partial charge on any atom is 0.255 e. The number of hydrogen-bond acceptors (Lipinski definition) is 4. The third-order valence-corrected chi connectivity index (χ3v) is 5.57. The summed E-state index contributed by atoms with van der Waals surface area (Å²) in [5, 5.41) is 0. The van der Waals surface area contributed by atoms with Crippen LogP contribution in [0.5, 0.6) is 0 Å². The number of fused-ring (bicyclic) bond motifs is 1. The summed E-state index contributed by atoms with van der Waals surface area (Å²) in [5.74, 6) is 0.508. The molecular formula is C20H25FN4O. The van der Waals surface area contributed by atoms with Crippen molar-refractivity contribution in [2.24, 2.45) is 0 Å². The van der Waals surface area contributed by atoms with Gasteiger partial charge in [-0.1, -0.05) is 18.2 Å². The summed E-state index contributed by atoms with van der Waals surface area (Å²) in [6, 6.07) is 7.26. The molecule has 138 valence electrons. The molecule has 0 amide bonds. The molecule has 0 saturated carbocycles. The Labute approximate surface area is 152 Å². The van der Waals surface area contributed by atoms with Crippen LogP contribution in [0.25, 0.3) is 0 Å². The minimum absolute atomic E-state index is 0.0201. The van der Waals surface area contributed by atoms with E-state index >= 15 is 0 Å². The zero-order chi connectivity index (χ0) is 18.1. The molecule has 0 spiro atoms. The van der Waals surface area contributed by atoms with E-state index in [0.29, 0.717) is 37.1 Å². The molecule has 5 nitrogen and oxygen atoms in total. The first-order chi connectivity index (χ1) is 12.6. The molecule has 1 atom stereocenters. The fourth-order valence-corrected chi connectivity index (χ4v) is 4.03. The van der Waals surface area contributed by atoms with Gasteiger partial charge in [0.2, 0.25) is 5.95 Å². The standard InChI is InChI=1S/C20H25FN4O/c1-14-6-4-5-10-25(14)20-22-18-13-24(11-9-16(18)19(26)23-20)12-15-7-2-3-8-17(15)21/h2-3,7-8,14H,4-6,9-13H2,1H3,(H,22,23,26)/t14-/m1/s1. The van der Waals surface area contributed by atoms with Crippen LogP contribution in [-0.4, -0.2) is 34.0 Å². The molecule has 6 heteroatoms. The molecule has 1 saturated heterocycles. The Morgan fingerprint density at radius 2 is 2.12 bits per heavy atom. The summed E-state index contributed by atoms with van der Waals surface area (Å²) in [6.07, 6.45) is 4.13. The lowest BCUT2D eigenvalue weighted by molar-refractivity contribution is 0.237. The van der Waals surface area contributed by atoms with Crippen molar-refractivity contribution < 1.29 is 4.39 Å². The first-order valence-electron chi connectivity index (χ1n) is 9.46. The van der Waals surface area contributed by atoms with Gasteiger partial charge < -0.3 is 4.90 Å². The minimum Gasteiger partial charge on any atom is -0.340 e. The van der Waals surface area contributed by atoms with Crippen LogP contribution in [0.1, 0.15) is 43.0 Å². The highest BCUT2D eigenvalue weighted by Crippen LogP contribution is 2.23. The van der Waals surface area contributed by atoms with Crippen molar-refractivity contribution in [3.63, 3.8) is 0 Å². The lowest BCUT2D eigenvalue weighted by atomic mass is 10.0. The molecule has 1 fully saturated rings. The third kappa shape index (κ3) is 3.38. The summed E-state index contributed by atoms with van der Waals surface area (Å²) < 4.78 is 14.0. The largest absolute Gasteiger partial charge is 0.340 e. The molecule has 4 rings (SSSR count). The Bertz CT molecular complexity index is 850. The number of piperidine rings is 1. The lowest BCUT2D eigenvalue weighted by Gasteiger charge is -2.35. The minimum atomic E-state index is -0.181. The average molecular weight is 356 g/mol. The Hall–Kier alpha value is -2.21. The SMILES string of the molecule is C[C@@H]1CCCCN1c1nc2c(c(=O)[nH]1)CCN(Cc1ccccc1F)C2. The van der Waals surface area contributed by atoms with Gasteiger partial charge in [-0.3, -0.25) is 14.7 Å². The second-order valence-electron chi connectivity index (χ2n) is 7.41. The van der Waals surface area contributed by atoms with Gasteiger partial charge in [-0.15, -0.1) is 0 Å². The third-order valence-electron chi connectivity index (χ3n) is 5.57. The van der Waals surface area contributed by atoms with Gasteiger partial charge in [-0.05, 0) is 38.7 Å². The van der Waals surface area contributed by atoms with Gasteiger partial charge in [-0.2, -0.15) is 0 Å². The van der Waals surface area contributed by atoms with Crippen molar-refractivity contribution in [2.45, 2.75) is 51.7 Å². The van der Waals surface area contributed by atoms with Crippen LogP contribution in [0.3, 0.4) is 0 Å². The number of benzene rings is 1. The summed E-state index contributed by atoms with van der Waals surface area (Å²) in [4.78, 5) is 24.7. The van der Waals surface area contributed by atoms with Gasteiger partial charge in [0, 0.05) is 43.3 Å². The number of halogens is 1. The highest BCUT2D eigenvalue weighted by molar-refractivity contribution is 5.36. The summed E-state index contributed by atoms with van der Waals surface area (Å²) in [5.41, 5.74) is 2.28. The second-order valence-corrected chi connectivity index (χ2v) is 7.41. The van der Waals surface area contributed by atoms with E-state index in [-0.39, 0.29) is 11.4 Å². The molecule has 1 aromatic carbocycles. The van der Waals surface area contributed by atoms with Crippen LogP contribution in [-0.2, 0) is 19.5 Å². The first kappa shape index (κ1) is 17.2. The van der Waals surface area contributed by atoms with Gasteiger partial charge in [-0.25, -0.2) is 9.37 Å². The Morgan fingerprint density at radius 1 is 1.27 bits per heavy atom. The Kier molecular flexibility index (Phi) is 4.76. The van der Waals surface area contributed by atoms with Crippen LogP contribution in [0.2, 0.25) is 0 Å².